The number of fused-ring (bicyclic) bond motifs is 1. The maximum Gasteiger partial charge on any atom is 0.309 e. The molecule has 0 bridgehead atoms. The SMILES string of the molecule is N#CC1C[C@H]2COC(=O)[C@H]2[C@@H](c2ccc(Br)cc2)C1. The highest BCUT2D eigenvalue weighted by molar-refractivity contribution is 9.10. The molecular formula is C15H14BrNO2. The second-order valence-electron chi connectivity index (χ2n) is 5.37. The van der Waals surface area contributed by atoms with E-state index >= 15 is 0 Å². The summed E-state index contributed by atoms with van der Waals surface area (Å²) in [4.78, 5) is 11.9. The van der Waals surface area contributed by atoms with Gasteiger partial charge in [-0.25, -0.2) is 0 Å². The number of carbonyl (C=O) groups is 1. The van der Waals surface area contributed by atoms with E-state index in [0.717, 1.165) is 22.9 Å². The molecule has 1 unspecified atom stereocenters. The minimum absolute atomic E-state index is 0.0318. The molecule has 1 aromatic rings. The lowest BCUT2D eigenvalue weighted by atomic mass is 9.67. The highest BCUT2D eigenvalue weighted by atomic mass is 79.9. The summed E-state index contributed by atoms with van der Waals surface area (Å²) in [6.45, 7) is 0.481. The molecule has 1 aromatic carbocycles. The lowest BCUT2D eigenvalue weighted by molar-refractivity contribution is -0.142. The predicted octanol–water partition coefficient (Wildman–Crippen LogP) is 3.26. The third-order valence-corrected chi connectivity index (χ3v) is 4.79. The lowest BCUT2D eigenvalue weighted by Gasteiger charge is -2.33. The summed E-state index contributed by atoms with van der Waals surface area (Å²) in [5.41, 5.74) is 1.14. The predicted molar refractivity (Wildman–Crippen MR) is 73.2 cm³/mol. The van der Waals surface area contributed by atoms with E-state index < -0.39 is 0 Å². The Morgan fingerprint density at radius 1 is 1.26 bits per heavy atom. The van der Waals surface area contributed by atoms with Gasteiger partial charge < -0.3 is 4.74 Å². The Balaban J connectivity index is 1.94. The number of cyclic esters (lactones) is 1. The van der Waals surface area contributed by atoms with Crippen LogP contribution in [0.25, 0.3) is 0 Å². The third kappa shape index (κ3) is 2.28. The molecule has 0 amide bonds. The molecule has 0 N–H and O–H groups in total. The van der Waals surface area contributed by atoms with Crippen LogP contribution in [0.2, 0.25) is 0 Å². The number of nitriles is 1. The maximum absolute atomic E-state index is 11.9. The number of hydrogen-bond acceptors (Lipinski definition) is 3. The fourth-order valence-electron chi connectivity index (χ4n) is 3.36. The van der Waals surface area contributed by atoms with Gasteiger partial charge in [-0.05, 0) is 36.5 Å². The first kappa shape index (κ1) is 12.7. The largest absolute Gasteiger partial charge is 0.465 e. The van der Waals surface area contributed by atoms with Gasteiger partial charge in [0.15, 0.2) is 0 Å². The first-order valence-electron chi connectivity index (χ1n) is 6.50. The summed E-state index contributed by atoms with van der Waals surface area (Å²) in [7, 11) is 0. The van der Waals surface area contributed by atoms with Gasteiger partial charge in [0.05, 0.1) is 18.6 Å². The second-order valence-corrected chi connectivity index (χ2v) is 6.29. The van der Waals surface area contributed by atoms with Gasteiger partial charge in [-0.1, -0.05) is 28.1 Å². The van der Waals surface area contributed by atoms with Crippen molar-refractivity contribution in [3.05, 3.63) is 34.3 Å². The van der Waals surface area contributed by atoms with Crippen molar-refractivity contribution >= 4 is 21.9 Å². The van der Waals surface area contributed by atoms with Crippen molar-refractivity contribution in [2.24, 2.45) is 17.8 Å². The van der Waals surface area contributed by atoms with E-state index in [0.29, 0.717) is 6.61 Å². The van der Waals surface area contributed by atoms with Crippen molar-refractivity contribution in [3.63, 3.8) is 0 Å². The van der Waals surface area contributed by atoms with Crippen molar-refractivity contribution in [3.8, 4) is 6.07 Å². The number of ether oxygens (including phenoxy) is 1. The first-order chi connectivity index (χ1) is 9.19. The number of nitrogens with zero attached hydrogens (tertiary/aromatic N) is 1. The molecule has 1 saturated carbocycles. The Morgan fingerprint density at radius 2 is 2.00 bits per heavy atom. The topological polar surface area (TPSA) is 50.1 Å². The van der Waals surface area contributed by atoms with Crippen molar-refractivity contribution in [2.45, 2.75) is 18.8 Å². The summed E-state index contributed by atoms with van der Waals surface area (Å²) < 4.78 is 6.23. The molecule has 2 aliphatic rings. The van der Waals surface area contributed by atoms with Gasteiger partial charge in [0.25, 0.3) is 0 Å². The molecule has 4 atom stereocenters. The maximum atomic E-state index is 11.9. The van der Waals surface area contributed by atoms with Crippen LogP contribution < -0.4 is 0 Å². The van der Waals surface area contributed by atoms with Crippen LogP contribution in [-0.4, -0.2) is 12.6 Å². The van der Waals surface area contributed by atoms with Gasteiger partial charge in [0.1, 0.15) is 0 Å². The number of esters is 1. The van der Waals surface area contributed by atoms with E-state index in [1.165, 1.54) is 0 Å². The van der Waals surface area contributed by atoms with Crippen LogP contribution in [0.15, 0.2) is 28.7 Å². The van der Waals surface area contributed by atoms with E-state index in [1.807, 2.05) is 24.3 Å². The van der Waals surface area contributed by atoms with Crippen molar-refractivity contribution in [2.75, 3.05) is 6.61 Å². The molecule has 98 valence electrons. The van der Waals surface area contributed by atoms with E-state index in [9.17, 15) is 10.1 Å². The summed E-state index contributed by atoms with van der Waals surface area (Å²) in [6.07, 6.45) is 1.55. The van der Waals surface area contributed by atoms with Gasteiger partial charge in [0, 0.05) is 16.3 Å². The van der Waals surface area contributed by atoms with Crippen LogP contribution in [0.1, 0.15) is 24.3 Å². The zero-order chi connectivity index (χ0) is 13.4. The lowest BCUT2D eigenvalue weighted by Crippen LogP contribution is -2.32. The van der Waals surface area contributed by atoms with Gasteiger partial charge in [0.2, 0.25) is 0 Å². The molecule has 3 nitrogen and oxygen atoms in total. The standard InChI is InChI=1S/C15H14BrNO2/c16-12-3-1-10(2-4-12)13-6-9(7-17)5-11-8-19-15(18)14(11)13/h1-4,9,11,13-14H,5-6,8H2/t9?,11-,13+,14+/m0/s1. The zero-order valence-electron chi connectivity index (χ0n) is 10.4. The molecule has 0 spiro atoms. The minimum Gasteiger partial charge on any atom is -0.465 e. The van der Waals surface area contributed by atoms with E-state index in [2.05, 4.69) is 22.0 Å². The Labute approximate surface area is 120 Å². The molecule has 0 aromatic heterocycles. The number of benzene rings is 1. The van der Waals surface area contributed by atoms with Crippen LogP contribution in [0.5, 0.6) is 0 Å². The summed E-state index contributed by atoms with van der Waals surface area (Å²) >= 11 is 3.42. The molecule has 1 saturated heterocycles. The van der Waals surface area contributed by atoms with Crippen LogP contribution >= 0.6 is 15.9 Å². The zero-order valence-corrected chi connectivity index (χ0v) is 12.0. The normalized spacial score (nSPS) is 33.4. The quantitative estimate of drug-likeness (QED) is 0.746. The fourth-order valence-corrected chi connectivity index (χ4v) is 3.63. The van der Waals surface area contributed by atoms with Crippen LogP contribution in [0, 0.1) is 29.1 Å². The number of hydrogen-bond donors (Lipinski definition) is 0. The van der Waals surface area contributed by atoms with Crippen LogP contribution in [0.4, 0.5) is 0 Å². The van der Waals surface area contributed by atoms with Gasteiger partial charge >= 0.3 is 5.97 Å². The summed E-state index contributed by atoms with van der Waals surface area (Å²) in [5, 5.41) is 9.20. The van der Waals surface area contributed by atoms with Gasteiger partial charge in [-0.15, -0.1) is 0 Å². The van der Waals surface area contributed by atoms with E-state index in [1.54, 1.807) is 0 Å². The van der Waals surface area contributed by atoms with Crippen molar-refractivity contribution in [1.82, 2.24) is 0 Å². The average Bonchev–Trinajstić information content (AvgIpc) is 2.80. The van der Waals surface area contributed by atoms with Gasteiger partial charge in [-0.3, -0.25) is 4.79 Å². The van der Waals surface area contributed by atoms with Crippen LogP contribution in [-0.2, 0) is 9.53 Å². The molecular weight excluding hydrogens is 306 g/mol. The molecule has 1 aliphatic heterocycles. The molecule has 19 heavy (non-hydrogen) atoms. The summed E-state index contributed by atoms with van der Waals surface area (Å²) in [6, 6.07) is 10.4. The van der Waals surface area contributed by atoms with E-state index in [-0.39, 0.29) is 29.6 Å². The van der Waals surface area contributed by atoms with Crippen molar-refractivity contribution in [1.29, 1.82) is 5.26 Å². The smallest absolute Gasteiger partial charge is 0.309 e. The highest BCUT2D eigenvalue weighted by Crippen LogP contribution is 2.47. The number of rotatable bonds is 1. The monoisotopic (exact) mass is 319 g/mol. The molecule has 2 fully saturated rings. The Bertz CT molecular complexity index is 534. The van der Waals surface area contributed by atoms with Gasteiger partial charge in [-0.2, -0.15) is 5.26 Å². The Hall–Kier alpha value is -1.34. The highest BCUT2D eigenvalue weighted by Gasteiger charge is 2.47. The molecule has 4 heteroatoms. The summed E-state index contributed by atoms with van der Waals surface area (Å²) in [5.74, 6) is 0.204. The second kappa shape index (κ2) is 4.97. The average molecular weight is 320 g/mol. The Kier molecular flexibility index (Phi) is 3.32. The molecule has 3 rings (SSSR count). The molecule has 1 aliphatic carbocycles. The van der Waals surface area contributed by atoms with Crippen molar-refractivity contribution < 1.29 is 9.53 Å². The third-order valence-electron chi connectivity index (χ3n) is 4.26. The molecule has 0 radical (unpaired) electrons. The number of carbonyl (C=O) groups excluding carboxylic acids is 1. The van der Waals surface area contributed by atoms with Crippen LogP contribution in [0.3, 0.4) is 0 Å². The Morgan fingerprint density at radius 3 is 2.68 bits per heavy atom. The molecule has 1 heterocycles. The minimum atomic E-state index is -0.0886. The number of halogens is 1. The fraction of sp³-hybridized carbons (Fsp3) is 0.467. The van der Waals surface area contributed by atoms with E-state index in [4.69, 9.17) is 4.74 Å². The first-order valence-corrected chi connectivity index (χ1v) is 7.30.